The Bertz CT molecular complexity index is 345. The highest BCUT2D eigenvalue weighted by atomic mass is 28.4. The summed E-state index contributed by atoms with van der Waals surface area (Å²) in [5, 5.41) is 3.24. The second-order valence-corrected chi connectivity index (χ2v) is 11.4. The van der Waals surface area contributed by atoms with Gasteiger partial charge in [0.2, 0.25) is 0 Å². The van der Waals surface area contributed by atoms with E-state index in [0.29, 0.717) is 6.42 Å². The van der Waals surface area contributed by atoms with E-state index in [1.807, 2.05) is 6.92 Å². The van der Waals surface area contributed by atoms with E-state index in [2.05, 4.69) is 26.1 Å². The molecule has 0 aromatic rings. The lowest BCUT2D eigenvalue weighted by Crippen LogP contribution is -2.61. The van der Waals surface area contributed by atoms with Gasteiger partial charge in [-0.1, -0.05) is 110 Å². The third kappa shape index (κ3) is 17.0. The second-order valence-electron chi connectivity index (χ2n) is 9.38. The van der Waals surface area contributed by atoms with Gasteiger partial charge in [0, 0.05) is 5.54 Å². The molecule has 0 heterocycles. The lowest BCUT2D eigenvalue weighted by molar-refractivity contribution is 0.183. The van der Waals surface area contributed by atoms with E-state index in [1.165, 1.54) is 89.9 Å². The van der Waals surface area contributed by atoms with E-state index >= 15 is 0 Å². The van der Waals surface area contributed by atoms with E-state index in [0.717, 1.165) is 12.8 Å². The highest BCUT2D eigenvalue weighted by Gasteiger charge is 2.40. The summed E-state index contributed by atoms with van der Waals surface area (Å²) in [6.45, 7) is 8.31. The average molecular weight is 418 g/mol. The molecule has 0 saturated heterocycles. The van der Waals surface area contributed by atoms with Crippen molar-refractivity contribution in [2.24, 2.45) is 0 Å². The lowest BCUT2D eigenvalue weighted by Gasteiger charge is -2.33. The van der Waals surface area contributed by atoms with Gasteiger partial charge in [-0.15, -0.1) is 0 Å². The van der Waals surface area contributed by atoms with E-state index in [-0.39, 0.29) is 5.54 Å². The molecule has 0 spiro atoms. The van der Waals surface area contributed by atoms with E-state index < -0.39 is 14.5 Å². The maximum atomic E-state index is 9.53. The van der Waals surface area contributed by atoms with Crippen molar-refractivity contribution in [3.8, 4) is 0 Å². The molecule has 0 saturated carbocycles. The van der Waals surface area contributed by atoms with Gasteiger partial charge >= 0.3 is 8.80 Å². The predicted octanol–water partition coefficient (Wildman–Crippen LogP) is 5.85. The molecule has 0 fully saturated rings. The largest absolute Gasteiger partial charge is 0.510 e. The van der Waals surface area contributed by atoms with Crippen molar-refractivity contribution in [3.63, 3.8) is 0 Å². The van der Waals surface area contributed by atoms with Gasteiger partial charge in [0.05, 0.1) is 5.67 Å². The smallest absolute Gasteiger partial charge is 0.389 e. The molecule has 1 atom stereocenters. The zero-order valence-electron chi connectivity index (χ0n) is 19.4. The number of unbranched alkanes of at least 4 members (excludes halogenated alkanes) is 14. The Hall–Kier alpha value is 0.0569. The van der Waals surface area contributed by atoms with Crippen molar-refractivity contribution >= 4 is 8.80 Å². The third-order valence-corrected chi connectivity index (χ3v) is 7.33. The summed E-state index contributed by atoms with van der Waals surface area (Å²) in [5.41, 5.74) is -0.761. The molecule has 0 aliphatic heterocycles. The van der Waals surface area contributed by atoms with Crippen LogP contribution in [0.2, 0.25) is 0 Å². The van der Waals surface area contributed by atoms with Gasteiger partial charge in [0.1, 0.15) is 0 Å². The van der Waals surface area contributed by atoms with Crippen LogP contribution in [0.3, 0.4) is 0 Å². The van der Waals surface area contributed by atoms with Crippen molar-refractivity contribution in [1.82, 2.24) is 5.32 Å². The molecule has 4 nitrogen and oxygen atoms in total. The van der Waals surface area contributed by atoms with E-state index in [4.69, 9.17) is 0 Å². The molecule has 0 bridgehead atoms. The van der Waals surface area contributed by atoms with Crippen LogP contribution < -0.4 is 5.32 Å². The normalized spacial score (nSPS) is 13.8. The van der Waals surface area contributed by atoms with Crippen LogP contribution >= 0.6 is 0 Å². The van der Waals surface area contributed by atoms with Gasteiger partial charge < -0.3 is 19.7 Å². The maximum Gasteiger partial charge on any atom is 0.510 e. The summed E-state index contributed by atoms with van der Waals surface area (Å²) in [7, 11) is -4.10. The SMILES string of the molecule is CCCCCCCCCCCCCCCCCC(C)(C)NC(CC)[Si](O)(O)O. The van der Waals surface area contributed by atoms with Gasteiger partial charge in [0.15, 0.2) is 0 Å². The maximum absolute atomic E-state index is 9.53. The first-order valence-corrected chi connectivity index (χ1v) is 14.1. The van der Waals surface area contributed by atoms with E-state index in [1.54, 1.807) is 0 Å². The van der Waals surface area contributed by atoms with Gasteiger partial charge in [-0.3, -0.25) is 0 Å². The minimum absolute atomic E-state index is 0.177. The quantitative estimate of drug-likeness (QED) is 0.148. The first-order valence-electron chi connectivity index (χ1n) is 12.2. The van der Waals surface area contributed by atoms with Crippen molar-refractivity contribution in [2.75, 3.05) is 0 Å². The van der Waals surface area contributed by atoms with Crippen LogP contribution in [0.5, 0.6) is 0 Å². The average Bonchev–Trinajstić information content (AvgIpc) is 2.62. The summed E-state index contributed by atoms with van der Waals surface area (Å²) in [6, 6.07) is 0. The zero-order valence-corrected chi connectivity index (χ0v) is 20.4. The molecule has 170 valence electrons. The zero-order chi connectivity index (χ0) is 21.3. The summed E-state index contributed by atoms with van der Waals surface area (Å²) >= 11 is 0. The van der Waals surface area contributed by atoms with Crippen LogP contribution in [0.4, 0.5) is 0 Å². The van der Waals surface area contributed by atoms with Crippen molar-refractivity contribution in [1.29, 1.82) is 0 Å². The van der Waals surface area contributed by atoms with Crippen molar-refractivity contribution in [2.45, 2.75) is 148 Å². The molecule has 0 amide bonds. The van der Waals surface area contributed by atoms with Gasteiger partial charge in [-0.2, -0.15) is 0 Å². The first kappa shape index (κ1) is 28.1. The van der Waals surface area contributed by atoms with Gasteiger partial charge in [0.25, 0.3) is 0 Å². The molecule has 0 aliphatic rings. The third-order valence-electron chi connectivity index (χ3n) is 5.85. The number of hydrogen-bond donors (Lipinski definition) is 4. The van der Waals surface area contributed by atoms with E-state index in [9.17, 15) is 14.4 Å². The summed E-state index contributed by atoms with van der Waals surface area (Å²) < 4.78 is 0. The highest BCUT2D eigenvalue weighted by Crippen LogP contribution is 2.19. The summed E-state index contributed by atoms with van der Waals surface area (Å²) in [4.78, 5) is 28.6. The Balaban J connectivity index is 3.49. The second kappa shape index (κ2) is 16.8. The van der Waals surface area contributed by atoms with Crippen LogP contribution in [-0.4, -0.2) is 34.4 Å². The Morgan fingerprint density at radius 1 is 0.643 bits per heavy atom. The minimum Gasteiger partial charge on any atom is -0.389 e. The van der Waals surface area contributed by atoms with Crippen LogP contribution in [0.25, 0.3) is 0 Å². The van der Waals surface area contributed by atoms with Crippen molar-refractivity contribution in [3.05, 3.63) is 0 Å². The molecule has 0 aromatic heterocycles. The number of rotatable bonds is 20. The first-order chi connectivity index (χ1) is 13.2. The molecule has 4 N–H and O–H groups in total. The Morgan fingerprint density at radius 3 is 1.32 bits per heavy atom. The molecular weight excluding hydrogens is 366 g/mol. The molecule has 5 heteroatoms. The number of nitrogens with one attached hydrogen (secondary N) is 1. The molecule has 0 radical (unpaired) electrons. The minimum atomic E-state index is -4.10. The Morgan fingerprint density at radius 2 is 1.00 bits per heavy atom. The van der Waals surface area contributed by atoms with Gasteiger partial charge in [-0.05, 0) is 26.7 Å². The summed E-state index contributed by atoms with van der Waals surface area (Å²) in [6.07, 6.45) is 22.0. The predicted molar refractivity (Wildman–Crippen MR) is 123 cm³/mol. The fourth-order valence-corrected chi connectivity index (χ4v) is 5.09. The van der Waals surface area contributed by atoms with Crippen molar-refractivity contribution < 1.29 is 14.4 Å². The molecule has 28 heavy (non-hydrogen) atoms. The fourth-order valence-electron chi connectivity index (χ4n) is 3.95. The van der Waals surface area contributed by atoms with Crippen LogP contribution in [-0.2, 0) is 0 Å². The topological polar surface area (TPSA) is 72.7 Å². The summed E-state index contributed by atoms with van der Waals surface area (Å²) in [5.74, 6) is 0. The number of hydrogen-bond acceptors (Lipinski definition) is 4. The molecule has 0 rings (SSSR count). The molecule has 0 aliphatic carbocycles. The fraction of sp³-hybridized carbons (Fsp3) is 1.00. The Kier molecular flexibility index (Phi) is 16.8. The van der Waals surface area contributed by atoms with Crippen LogP contribution in [0.1, 0.15) is 137 Å². The highest BCUT2D eigenvalue weighted by molar-refractivity contribution is 6.58. The monoisotopic (exact) mass is 417 g/mol. The standard InChI is InChI=1S/C23H51NO3Si/c1-5-7-8-9-10-11-12-13-14-15-16-17-18-19-20-21-23(3,4)24-22(6-2)28(25,26)27/h22,24-27H,5-21H2,1-4H3. The lowest BCUT2D eigenvalue weighted by atomic mass is 9.95. The Labute approximate surface area is 176 Å². The molecule has 0 aromatic carbocycles. The van der Waals surface area contributed by atoms with Crippen LogP contribution in [0.15, 0.2) is 0 Å². The molecule has 1 unspecified atom stereocenters. The van der Waals surface area contributed by atoms with Crippen LogP contribution in [0, 0.1) is 0 Å². The molecular formula is C23H51NO3Si. The van der Waals surface area contributed by atoms with Gasteiger partial charge in [-0.25, -0.2) is 0 Å².